The molecule has 7 heteroatoms. The largest absolute Gasteiger partial charge is 0.485 e. The summed E-state index contributed by atoms with van der Waals surface area (Å²) in [5.74, 6) is 1.66. The van der Waals surface area contributed by atoms with Gasteiger partial charge in [0.25, 0.3) is 0 Å². The van der Waals surface area contributed by atoms with Crippen LogP contribution in [-0.4, -0.2) is 43.9 Å². The van der Waals surface area contributed by atoms with Crippen molar-refractivity contribution in [1.82, 2.24) is 19.7 Å². The van der Waals surface area contributed by atoms with Gasteiger partial charge >= 0.3 is 0 Å². The Morgan fingerprint density at radius 1 is 1.03 bits per heavy atom. The minimum Gasteiger partial charge on any atom is -0.485 e. The topological polar surface area (TPSA) is 60.3 Å². The summed E-state index contributed by atoms with van der Waals surface area (Å²) in [4.78, 5) is 14.6. The van der Waals surface area contributed by atoms with Crippen molar-refractivity contribution in [2.45, 2.75) is 51.6 Å². The number of ether oxygens (including phenoxy) is 1. The van der Waals surface area contributed by atoms with Gasteiger partial charge < -0.3 is 9.64 Å². The van der Waals surface area contributed by atoms with Gasteiger partial charge in [-0.15, -0.1) is 10.2 Å². The maximum atomic E-state index is 12.8. The molecule has 164 valence electrons. The van der Waals surface area contributed by atoms with E-state index in [2.05, 4.69) is 10.2 Å². The first-order valence-electron chi connectivity index (χ1n) is 10.6. The van der Waals surface area contributed by atoms with Crippen LogP contribution in [0.3, 0.4) is 0 Å². The van der Waals surface area contributed by atoms with Crippen LogP contribution in [0, 0.1) is 13.8 Å². The molecule has 1 atom stereocenters. The Morgan fingerprint density at radius 3 is 2.29 bits per heavy atom. The zero-order chi connectivity index (χ0) is 22.4. The maximum Gasteiger partial charge on any atom is 0.235 e. The van der Waals surface area contributed by atoms with Crippen LogP contribution in [0.4, 0.5) is 0 Å². The van der Waals surface area contributed by atoms with Crippen LogP contribution in [0.25, 0.3) is 5.69 Å². The fourth-order valence-corrected chi connectivity index (χ4v) is 4.44. The Balaban J connectivity index is 1.89. The van der Waals surface area contributed by atoms with Crippen molar-refractivity contribution in [3.63, 3.8) is 0 Å². The first-order valence-corrected chi connectivity index (χ1v) is 11.5. The van der Waals surface area contributed by atoms with E-state index in [4.69, 9.17) is 4.74 Å². The summed E-state index contributed by atoms with van der Waals surface area (Å²) in [6.45, 7) is 11.6. The molecule has 6 nitrogen and oxygen atoms in total. The number of thioether (sulfide) groups is 1. The molecule has 1 aromatic heterocycles. The molecule has 0 N–H and O–H groups in total. The summed E-state index contributed by atoms with van der Waals surface area (Å²) >= 11 is 1.42. The number of aromatic nitrogens is 3. The smallest absolute Gasteiger partial charge is 0.235 e. The third-order valence-corrected chi connectivity index (χ3v) is 6.20. The van der Waals surface area contributed by atoms with Crippen molar-refractivity contribution in [1.29, 1.82) is 0 Å². The zero-order valence-electron chi connectivity index (χ0n) is 18.8. The van der Waals surface area contributed by atoms with E-state index in [1.807, 2.05) is 92.6 Å². The third kappa shape index (κ3) is 5.28. The molecule has 0 bridgehead atoms. The Morgan fingerprint density at radius 2 is 1.68 bits per heavy atom. The summed E-state index contributed by atoms with van der Waals surface area (Å²) in [6.07, 6.45) is 0. The minimum absolute atomic E-state index is 0.103. The maximum absolute atomic E-state index is 12.8. The molecule has 0 radical (unpaired) electrons. The predicted molar refractivity (Wildman–Crippen MR) is 125 cm³/mol. The number of para-hydroxylation sites is 2. The lowest BCUT2D eigenvalue weighted by Gasteiger charge is -2.22. The van der Waals surface area contributed by atoms with E-state index < -0.39 is 0 Å². The van der Waals surface area contributed by atoms with Crippen LogP contribution < -0.4 is 4.74 Å². The van der Waals surface area contributed by atoms with Gasteiger partial charge in [-0.3, -0.25) is 9.36 Å². The first-order chi connectivity index (χ1) is 15.0. The van der Waals surface area contributed by atoms with Gasteiger partial charge in [0.05, 0.1) is 5.25 Å². The summed E-state index contributed by atoms with van der Waals surface area (Å²) < 4.78 is 8.12. The average Bonchev–Trinajstić information content (AvgIpc) is 3.17. The van der Waals surface area contributed by atoms with E-state index in [0.29, 0.717) is 24.1 Å². The molecule has 0 aliphatic rings. The van der Waals surface area contributed by atoms with Crippen molar-refractivity contribution >= 4 is 17.7 Å². The van der Waals surface area contributed by atoms with E-state index in [1.165, 1.54) is 11.8 Å². The molecule has 0 aliphatic carbocycles. The quantitative estimate of drug-likeness (QED) is 0.449. The van der Waals surface area contributed by atoms with Crippen molar-refractivity contribution in [2.75, 3.05) is 13.1 Å². The van der Waals surface area contributed by atoms with Crippen molar-refractivity contribution in [3.8, 4) is 11.4 Å². The van der Waals surface area contributed by atoms with Crippen LogP contribution in [0.2, 0.25) is 0 Å². The SMILES string of the molecule is CCN(CC)C(=O)C(C)Sc1nnc(COc2c(C)cccc2C)n1-c1ccccc1. The predicted octanol–water partition coefficient (Wildman–Crippen LogP) is 4.81. The van der Waals surface area contributed by atoms with Gasteiger partial charge in [0.2, 0.25) is 5.91 Å². The number of hydrogen-bond acceptors (Lipinski definition) is 5. The van der Waals surface area contributed by atoms with Crippen molar-refractivity contribution < 1.29 is 9.53 Å². The molecule has 31 heavy (non-hydrogen) atoms. The number of benzene rings is 2. The Hall–Kier alpha value is -2.80. The van der Waals surface area contributed by atoms with Crippen LogP contribution in [-0.2, 0) is 11.4 Å². The highest BCUT2D eigenvalue weighted by molar-refractivity contribution is 8.00. The van der Waals surface area contributed by atoms with E-state index in [1.54, 1.807) is 0 Å². The van der Waals surface area contributed by atoms with Gasteiger partial charge in [-0.2, -0.15) is 0 Å². The van der Waals surface area contributed by atoms with E-state index in [9.17, 15) is 4.79 Å². The number of carbonyl (C=O) groups excluding carboxylic acids is 1. The van der Waals surface area contributed by atoms with Gasteiger partial charge in [0, 0.05) is 18.8 Å². The Kier molecular flexibility index (Phi) is 7.74. The third-order valence-electron chi connectivity index (χ3n) is 5.17. The van der Waals surface area contributed by atoms with Gasteiger partial charge in [0.15, 0.2) is 11.0 Å². The number of aryl methyl sites for hydroxylation is 2. The second kappa shape index (κ2) is 10.5. The van der Waals surface area contributed by atoms with Gasteiger partial charge in [0.1, 0.15) is 12.4 Å². The molecule has 1 amide bonds. The number of carbonyl (C=O) groups is 1. The zero-order valence-corrected chi connectivity index (χ0v) is 19.6. The summed E-state index contributed by atoms with van der Waals surface area (Å²) in [5, 5.41) is 9.23. The normalized spacial score (nSPS) is 11.9. The highest BCUT2D eigenvalue weighted by Crippen LogP contribution is 2.28. The summed E-state index contributed by atoms with van der Waals surface area (Å²) in [7, 11) is 0. The first kappa shape index (κ1) is 22.9. The molecule has 3 rings (SSSR count). The number of hydrogen-bond donors (Lipinski definition) is 0. The molecular weight excluding hydrogens is 408 g/mol. The average molecular weight is 439 g/mol. The van der Waals surface area contributed by atoms with E-state index in [-0.39, 0.29) is 17.8 Å². The number of rotatable bonds is 9. The molecule has 2 aromatic carbocycles. The molecular formula is C24H30N4O2S. The number of amides is 1. The van der Waals surface area contributed by atoms with Gasteiger partial charge in [-0.05, 0) is 57.9 Å². The van der Waals surface area contributed by atoms with E-state index in [0.717, 1.165) is 22.6 Å². The Labute approximate surface area is 188 Å². The molecule has 0 saturated heterocycles. The second-order valence-corrected chi connectivity index (χ2v) is 8.66. The molecule has 3 aromatic rings. The molecule has 0 spiro atoms. The lowest BCUT2D eigenvalue weighted by molar-refractivity contribution is -0.129. The van der Waals surface area contributed by atoms with Crippen LogP contribution in [0.5, 0.6) is 5.75 Å². The number of nitrogens with zero attached hydrogens (tertiary/aromatic N) is 4. The summed E-state index contributed by atoms with van der Waals surface area (Å²) in [5.41, 5.74) is 3.11. The highest BCUT2D eigenvalue weighted by atomic mass is 32.2. The Bertz CT molecular complexity index is 995. The molecule has 1 unspecified atom stereocenters. The fraction of sp³-hybridized carbons (Fsp3) is 0.375. The molecule has 0 saturated carbocycles. The van der Waals surface area contributed by atoms with Crippen molar-refractivity contribution in [3.05, 3.63) is 65.5 Å². The standard InChI is InChI=1S/C24H30N4O2S/c1-6-27(7-2)23(29)19(5)31-24-26-25-21(28(24)20-14-9-8-10-15-20)16-30-22-17(3)12-11-13-18(22)4/h8-15,19H,6-7,16H2,1-5H3. The lowest BCUT2D eigenvalue weighted by atomic mass is 10.1. The van der Waals surface area contributed by atoms with Gasteiger partial charge in [-0.25, -0.2) is 0 Å². The fourth-order valence-electron chi connectivity index (χ4n) is 3.47. The molecule has 0 fully saturated rings. The summed E-state index contributed by atoms with van der Waals surface area (Å²) in [6, 6.07) is 16.0. The van der Waals surface area contributed by atoms with Crippen LogP contribution in [0.15, 0.2) is 53.7 Å². The van der Waals surface area contributed by atoms with Crippen molar-refractivity contribution in [2.24, 2.45) is 0 Å². The van der Waals surface area contributed by atoms with E-state index >= 15 is 0 Å². The monoisotopic (exact) mass is 438 g/mol. The molecule has 1 heterocycles. The molecule has 0 aliphatic heterocycles. The minimum atomic E-state index is -0.265. The van der Waals surface area contributed by atoms with Gasteiger partial charge in [-0.1, -0.05) is 48.2 Å². The van der Waals surface area contributed by atoms with Crippen LogP contribution in [0.1, 0.15) is 37.7 Å². The highest BCUT2D eigenvalue weighted by Gasteiger charge is 2.24. The van der Waals surface area contributed by atoms with Crippen LogP contribution >= 0.6 is 11.8 Å². The second-order valence-electron chi connectivity index (χ2n) is 7.35. The lowest BCUT2D eigenvalue weighted by Crippen LogP contribution is -2.36.